The third kappa shape index (κ3) is 4.71. The minimum atomic E-state index is -0.201. The number of ether oxygens (including phenoxy) is 2. The van der Waals surface area contributed by atoms with Gasteiger partial charge in [0.25, 0.3) is 0 Å². The summed E-state index contributed by atoms with van der Waals surface area (Å²) in [4.78, 5) is 16.5. The second kappa shape index (κ2) is 8.65. The van der Waals surface area contributed by atoms with Crippen molar-refractivity contribution in [2.75, 3.05) is 39.9 Å². The number of aliphatic hydroxyl groups is 1. The minimum absolute atomic E-state index is 0.0366. The van der Waals surface area contributed by atoms with E-state index in [9.17, 15) is 9.90 Å². The average Bonchev–Trinajstić information content (AvgIpc) is 3.08. The third-order valence-electron chi connectivity index (χ3n) is 5.21. The van der Waals surface area contributed by atoms with Crippen molar-refractivity contribution >= 4 is 5.91 Å². The SMILES string of the molecule is COc1cccc(COCC(=O)N2CCN([C@@H]3CCC[C@H]3O)CC2)c1. The van der Waals surface area contributed by atoms with Crippen molar-refractivity contribution in [3.8, 4) is 5.75 Å². The number of hydrogen-bond donors (Lipinski definition) is 1. The summed E-state index contributed by atoms with van der Waals surface area (Å²) in [6, 6.07) is 7.95. The van der Waals surface area contributed by atoms with Crippen molar-refractivity contribution in [2.24, 2.45) is 0 Å². The number of carbonyl (C=O) groups excluding carboxylic acids is 1. The van der Waals surface area contributed by atoms with Gasteiger partial charge in [0.1, 0.15) is 12.4 Å². The van der Waals surface area contributed by atoms with E-state index >= 15 is 0 Å². The lowest BCUT2D eigenvalue weighted by molar-refractivity contribution is -0.138. The van der Waals surface area contributed by atoms with E-state index in [-0.39, 0.29) is 24.7 Å². The molecule has 2 aliphatic rings. The highest BCUT2D eigenvalue weighted by Gasteiger charge is 2.33. The predicted octanol–water partition coefficient (Wildman–Crippen LogP) is 1.27. The Kier molecular flexibility index (Phi) is 6.29. The molecule has 0 spiro atoms. The van der Waals surface area contributed by atoms with Crippen LogP contribution < -0.4 is 4.74 Å². The zero-order chi connectivity index (χ0) is 17.6. The van der Waals surface area contributed by atoms with Gasteiger partial charge in [-0.05, 0) is 37.0 Å². The fourth-order valence-corrected chi connectivity index (χ4v) is 3.76. The number of piperazine rings is 1. The van der Waals surface area contributed by atoms with Gasteiger partial charge in [0.2, 0.25) is 5.91 Å². The van der Waals surface area contributed by atoms with Crippen LogP contribution in [-0.4, -0.2) is 72.9 Å². The molecule has 1 saturated carbocycles. The first-order chi connectivity index (χ1) is 12.2. The maximum absolute atomic E-state index is 12.3. The Balaban J connectivity index is 1.39. The summed E-state index contributed by atoms with van der Waals surface area (Å²) in [5.41, 5.74) is 0.993. The zero-order valence-electron chi connectivity index (χ0n) is 14.9. The van der Waals surface area contributed by atoms with Crippen LogP contribution in [0.25, 0.3) is 0 Å². The Morgan fingerprint density at radius 1 is 1.24 bits per heavy atom. The van der Waals surface area contributed by atoms with Gasteiger partial charge in [-0.1, -0.05) is 12.1 Å². The van der Waals surface area contributed by atoms with Crippen LogP contribution in [0.2, 0.25) is 0 Å². The van der Waals surface area contributed by atoms with Crippen LogP contribution in [0.3, 0.4) is 0 Å². The quantitative estimate of drug-likeness (QED) is 0.839. The summed E-state index contributed by atoms with van der Waals surface area (Å²) in [5, 5.41) is 10.0. The minimum Gasteiger partial charge on any atom is -0.497 e. The highest BCUT2D eigenvalue weighted by Crippen LogP contribution is 2.25. The van der Waals surface area contributed by atoms with Crippen LogP contribution in [0.15, 0.2) is 24.3 Å². The van der Waals surface area contributed by atoms with Crippen LogP contribution in [0.1, 0.15) is 24.8 Å². The van der Waals surface area contributed by atoms with Crippen LogP contribution in [0.4, 0.5) is 0 Å². The normalized spacial score (nSPS) is 24.5. The number of rotatable bonds is 6. The second-order valence-corrected chi connectivity index (χ2v) is 6.83. The van der Waals surface area contributed by atoms with Gasteiger partial charge >= 0.3 is 0 Å². The highest BCUT2D eigenvalue weighted by atomic mass is 16.5. The Morgan fingerprint density at radius 2 is 2.04 bits per heavy atom. The summed E-state index contributed by atoms with van der Waals surface area (Å²) in [7, 11) is 1.63. The van der Waals surface area contributed by atoms with Crippen molar-refractivity contribution in [2.45, 2.75) is 38.0 Å². The topological polar surface area (TPSA) is 62.2 Å². The van der Waals surface area contributed by atoms with Gasteiger partial charge < -0.3 is 19.5 Å². The van der Waals surface area contributed by atoms with Gasteiger partial charge in [-0.2, -0.15) is 0 Å². The van der Waals surface area contributed by atoms with Gasteiger partial charge in [0.05, 0.1) is 19.8 Å². The van der Waals surface area contributed by atoms with E-state index in [1.807, 2.05) is 29.2 Å². The molecule has 1 aromatic carbocycles. The maximum Gasteiger partial charge on any atom is 0.248 e. The number of hydrogen-bond acceptors (Lipinski definition) is 5. The van der Waals surface area contributed by atoms with Crippen LogP contribution in [0, 0.1) is 0 Å². The maximum atomic E-state index is 12.3. The van der Waals surface area contributed by atoms with E-state index in [1.165, 1.54) is 0 Å². The van der Waals surface area contributed by atoms with Crippen LogP contribution in [0.5, 0.6) is 5.75 Å². The molecule has 0 radical (unpaired) electrons. The summed E-state index contributed by atoms with van der Waals surface area (Å²) in [6.45, 7) is 3.60. The summed E-state index contributed by atoms with van der Waals surface area (Å²) in [5.74, 6) is 0.826. The molecule has 6 heteroatoms. The predicted molar refractivity (Wildman–Crippen MR) is 94.4 cm³/mol. The molecule has 3 rings (SSSR count). The molecule has 6 nitrogen and oxygen atoms in total. The molecular weight excluding hydrogens is 320 g/mol. The molecule has 1 aliphatic carbocycles. The van der Waals surface area contributed by atoms with Crippen molar-refractivity contribution in [3.63, 3.8) is 0 Å². The Hall–Kier alpha value is -1.63. The highest BCUT2D eigenvalue weighted by molar-refractivity contribution is 5.77. The lowest BCUT2D eigenvalue weighted by Crippen LogP contribution is -2.54. The summed E-state index contributed by atoms with van der Waals surface area (Å²) in [6.07, 6.45) is 2.87. The molecule has 1 aliphatic heterocycles. The van der Waals surface area contributed by atoms with E-state index in [4.69, 9.17) is 9.47 Å². The lowest BCUT2D eigenvalue weighted by atomic mass is 10.1. The van der Waals surface area contributed by atoms with Crippen molar-refractivity contribution in [1.82, 2.24) is 9.80 Å². The number of nitrogens with zero attached hydrogens (tertiary/aromatic N) is 2. The van der Waals surface area contributed by atoms with Crippen molar-refractivity contribution < 1.29 is 19.4 Å². The number of amides is 1. The van der Waals surface area contributed by atoms with Gasteiger partial charge in [0.15, 0.2) is 0 Å². The Morgan fingerprint density at radius 3 is 2.72 bits per heavy atom. The van der Waals surface area contributed by atoms with E-state index < -0.39 is 0 Å². The molecule has 2 atom stereocenters. The Labute approximate surface area is 149 Å². The largest absolute Gasteiger partial charge is 0.497 e. The van der Waals surface area contributed by atoms with Gasteiger partial charge in [0, 0.05) is 32.2 Å². The molecule has 25 heavy (non-hydrogen) atoms. The van der Waals surface area contributed by atoms with Crippen molar-refractivity contribution in [1.29, 1.82) is 0 Å². The van der Waals surface area contributed by atoms with Crippen LogP contribution >= 0.6 is 0 Å². The lowest BCUT2D eigenvalue weighted by Gasteiger charge is -2.39. The molecule has 0 aromatic heterocycles. The molecule has 1 saturated heterocycles. The van der Waals surface area contributed by atoms with Crippen molar-refractivity contribution in [3.05, 3.63) is 29.8 Å². The van der Waals surface area contributed by atoms with E-state index in [0.29, 0.717) is 19.7 Å². The molecule has 1 amide bonds. The first-order valence-electron chi connectivity index (χ1n) is 9.08. The standard InChI is InChI=1S/C19H28N2O4/c1-24-16-5-2-4-15(12-16)13-25-14-19(23)21-10-8-20(9-11-21)17-6-3-7-18(17)22/h2,4-5,12,17-18,22H,3,6-11,13-14H2,1H3/t17-,18-/m1/s1. The summed E-state index contributed by atoms with van der Waals surface area (Å²) < 4.78 is 10.8. The molecule has 1 N–H and O–H groups in total. The first-order valence-corrected chi connectivity index (χ1v) is 9.08. The average molecular weight is 348 g/mol. The number of aliphatic hydroxyl groups excluding tert-OH is 1. The van der Waals surface area contributed by atoms with Gasteiger partial charge in [-0.25, -0.2) is 0 Å². The molecular formula is C19H28N2O4. The van der Waals surface area contributed by atoms with Crippen LogP contribution in [-0.2, 0) is 16.1 Å². The summed E-state index contributed by atoms with van der Waals surface area (Å²) >= 11 is 0. The molecule has 2 fully saturated rings. The number of methoxy groups -OCH3 is 1. The first kappa shape index (κ1) is 18.2. The molecule has 1 heterocycles. The van der Waals surface area contributed by atoms with E-state index in [1.54, 1.807) is 7.11 Å². The molecule has 1 aromatic rings. The zero-order valence-corrected chi connectivity index (χ0v) is 14.9. The Bertz CT molecular complexity index is 572. The fourth-order valence-electron chi connectivity index (χ4n) is 3.76. The van der Waals surface area contributed by atoms with E-state index in [2.05, 4.69) is 4.90 Å². The molecule has 0 bridgehead atoms. The monoisotopic (exact) mass is 348 g/mol. The third-order valence-corrected chi connectivity index (χ3v) is 5.21. The molecule has 0 unspecified atom stereocenters. The number of benzene rings is 1. The number of carbonyl (C=O) groups is 1. The van der Waals surface area contributed by atoms with E-state index in [0.717, 1.165) is 43.7 Å². The van der Waals surface area contributed by atoms with Gasteiger partial charge in [-0.3, -0.25) is 9.69 Å². The molecule has 138 valence electrons. The smallest absolute Gasteiger partial charge is 0.248 e. The fraction of sp³-hybridized carbons (Fsp3) is 0.632. The van der Waals surface area contributed by atoms with Gasteiger partial charge in [-0.15, -0.1) is 0 Å². The second-order valence-electron chi connectivity index (χ2n) is 6.83.